The SMILES string of the molecule is C[C@@H]1CCCCN1S(=O)(=O)c1ccc(C(=O)Nc2ccccc2Cl)cc1. The van der Waals surface area contributed by atoms with Crippen molar-refractivity contribution in [2.75, 3.05) is 11.9 Å². The van der Waals surface area contributed by atoms with Crippen molar-refractivity contribution < 1.29 is 13.2 Å². The van der Waals surface area contributed by atoms with Crippen molar-refractivity contribution in [2.45, 2.75) is 37.1 Å². The van der Waals surface area contributed by atoms with Crippen LogP contribution in [-0.2, 0) is 10.0 Å². The fraction of sp³-hybridized carbons (Fsp3) is 0.316. The van der Waals surface area contributed by atoms with E-state index in [4.69, 9.17) is 11.6 Å². The van der Waals surface area contributed by atoms with Gasteiger partial charge in [0, 0.05) is 18.2 Å². The summed E-state index contributed by atoms with van der Waals surface area (Å²) in [7, 11) is -3.54. The Morgan fingerprint density at radius 1 is 1.12 bits per heavy atom. The van der Waals surface area contributed by atoms with Gasteiger partial charge in [-0.15, -0.1) is 0 Å². The number of amides is 1. The zero-order valence-corrected chi connectivity index (χ0v) is 16.1. The van der Waals surface area contributed by atoms with E-state index in [2.05, 4.69) is 5.32 Å². The van der Waals surface area contributed by atoms with E-state index >= 15 is 0 Å². The quantitative estimate of drug-likeness (QED) is 0.849. The van der Waals surface area contributed by atoms with E-state index in [1.807, 2.05) is 6.92 Å². The molecule has 1 aliphatic rings. The number of anilines is 1. The summed E-state index contributed by atoms with van der Waals surface area (Å²) in [5.41, 5.74) is 0.883. The first kappa shape index (κ1) is 18.9. The summed E-state index contributed by atoms with van der Waals surface area (Å²) < 4.78 is 27.2. The van der Waals surface area contributed by atoms with Gasteiger partial charge in [-0.25, -0.2) is 8.42 Å². The molecular weight excluding hydrogens is 372 g/mol. The number of benzene rings is 2. The smallest absolute Gasteiger partial charge is 0.255 e. The Kier molecular flexibility index (Phi) is 5.65. The second-order valence-electron chi connectivity index (χ2n) is 6.42. The van der Waals surface area contributed by atoms with Crippen LogP contribution < -0.4 is 5.32 Å². The van der Waals surface area contributed by atoms with E-state index in [9.17, 15) is 13.2 Å². The standard InChI is InChI=1S/C19H21ClN2O3S/c1-14-6-4-5-13-22(14)26(24,25)16-11-9-15(10-12-16)19(23)21-18-8-3-2-7-17(18)20/h2-3,7-12,14H,4-6,13H2,1H3,(H,21,23)/t14-/m1/s1. The molecule has 1 N–H and O–H groups in total. The van der Waals surface area contributed by atoms with Crippen LogP contribution in [0.3, 0.4) is 0 Å². The van der Waals surface area contributed by atoms with Crippen LogP contribution in [0.1, 0.15) is 36.5 Å². The highest BCUT2D eigenvalue weighted by Gasteiger charge is 2.30. The van der Waals surface area contributed by atoms with E-state index < -0.39 is 10.0 Å². The largest absolute Gasteiger partial charge is 0.321 e. The summed E-state index contributed by atoms with van der Waals surface area (Å²) >= 11 is 6.04. The van der Waals surface area contributed by atoms with E-state index in [0.29, 0.717) is 22.8 Å². The Hall–Kier alpha value is -1.89. The number of sulfonamides is 1. The predicted molar refractivity (Wildman–Crippen MR) is 103 cm³/mol. The van der Waals surface area contributed by atoms with Crippen LogP contribution in [0, 0.1) is 0 Å². The molecule has 1 amide bonds. The number of nitrogens with zero attached hydrogens (tertiary/aromatic N) is 1. The van der Waals surface area contributed by atoms with Crippen LogP contribution in [0.2, 0.25) is 5.02 Å². The molecule has 5 nitrogen and oxygen atoms in total. The molecule has 2 aromatic carbocycles. The molecule has 1 saturated heterocycles. The molecule has 138 valence electrons. The summed E-state index contributed by atoms with van der Waals surface area (Å²) in [6, 6.07) is 13.0. The van der Waals surface area contributed by atoms with Crippen LogP contribution in [0.25, 0.3) is 0 Å². The molecule has 0 spiro atoms. The maximum absolute atomic E-state index is 12.8. The van der Waals surface area contributed by atoms with Gasteiger partial charge in [0.25, 0.3) is 5.91 Å². The predicted octanol–water partition coefficient (Wildman–Crippen LogP) is 4.16. The molecule has 0 bridgehead atoms. The number of nitrogens with one attached hydrogen (secondary N) is 1. The lowest BCUT2D eigenvalue weighted by atomic mass is 10.1. The number of carbonyl (C=O) groups is 1. The maximum atomic E-state index is 12.8. The van der Waals surface area contributed by atoms with Crippen LogP contribution in [0.4, 0.5) is 5.69 Å². The normalized spacial score (nSPS) is 18.5. The lowest BCUT2D eigenvalue weighted by Crippen LogP contribution is -2.41. The van der Waals surface area contributed by atoms with Gasteiger partial charge >= 0.3 is 0 Å². The Balaban J connectivity index is 1.77. The summed E-state index contributed by atoms with van der Waals surface area (Å²) in [6.45, 7) is 2.47. The van der Waals surface area contributed by atoms with Gasteiger partial charge in [0.05, 0.1) is 15.6 Å². The average Bonchev–Trinajstić information content (AvgIpc) is 2.64. The van der Waals surface area contributed by atoms with Gasteiger partial charge in [-0.3, -0.25) is 4.79 Å². The molecule has 1 atom stereocenters. The molecule has 3 rings (SSSR count). The first-order valence-electron chi connectivity index (χ1n) is 8.57. The van der Waals surface area contributed by atoms with Crippen molar-refractivity contribution in [1.29, 1.82) is 0 Å². The maximum Gasteiger partial charge on any atom is 0.255 e. The summed E-state index contributed by atoms with van der Waals surface area (Å²) in [4.78, 5) is 12.6. The molecule has 0 aliphatic carbocycles. The molecular formula is C19H21ClN2O3S. The third-order valence-corrected chi connectivity index (χ3v) is 6.94. The van der Waals surface area contributed by atoms with Crippen molar-refractivity contribution in [1.82, 2.24) is 4.31 Å². The second-order valence-corrected chi connectivity index (χ2v) is 8.72. The van der Waals surface area contributed by atoms with Crippen molar-refractivity contribution >= 4 is 33.2 Å². The number of hydrogen-bond acceptors (Lipinski definition) is 3. The first-order valence-corrected chi connectivity index (χ1v) is 10.4. The molecule has 0 unspecified atom stereocenters. The van der Waals surface area contributed by atoms with Gasteiger partial charge in [0.1, 0.15) is 0 Å². The Morgan fingerprint density at radius 3 is 2.46 bits per heavy atom. The zero-order valence-electron chi connectivity index (χ0n) is 14.5. The van der Waals surface area contributed by atoms with Crippen LogP contribution in [-0.4, -0.2) is 31.2 Å². The minimum atomic E-state index is -3.54. The van der Waals surface area contributed by atoms with Gasteiger partial charge in [0.2, 0.25) is 10.0 Å². The topological polar surface area (TPSA) is 66.5 Å². The van der Waals surface area contributed by atoms with E-state index in [1.165, 1.54) is 24.3 Å². The van der Waals surface area contributed by atoms with Crippen LogP contribution >= 0.6 is 11.6 Å². The van der Waals surface area contributed by atoms with E-state index in [-0.39, 0.29) is 16.8 Å². The van der Waals surface area contributed by atoms with E-state index in [0.717, 1.165) is 19.3 Å². The lowest BCUT2D eigenvalue weighted by molar-refractivity contribution is 0.102. The fourth-order valence-corrected chi connectivity index (χ4v) is 4.98. The second kappa shape index (κ2) is 7.78. The third kappa shape index (κ3) is 3.92. The van der Waals surface area contributed by atoms with Gasteiger partial charge < -0.3 is 5.32 Å². The van der Waals surface area contributed by atoms with Crippen LogP contribution in [0.15, 0.2) is 53.4 Å². The monoisotopic (exact) mass is 392 g/mol. The molecule has 26 heavy (non-hydrogen) atoms. The molecule has 0 saturated carbocycles. The Bertz CT molecular complexity index is 897. The van der Waals surface area contributed by atoms with E-state index in [1.54, 1.807) is 28.6 Å². The van der Waals surface area contributed by atoms with Crippen molar-refractivity contribution in [3.05, 3.63) is 59.1 Å². The molecule has 1 aliphatic heterocycles. The number of para-hydroxylation sites is 1. The van der Waals surface area contributed by atoms with Crippen molar-refractivity contribution in [3.63, 3.8) is 0 Å². The minimum absolute atomic E-state index is 0.00283. The number of hydrogen-bond donors (Lipinski definition) is 1. The Morgan fingerprint density at radius 2 is 1.81 bits per heavy atom. The Labute approximate surface area is 159 Å². The highest BCUT2D eigenvalue weighted by Crippen LogP contribution is 2.26. The summed E-state index contributed by atoms with van der Waals surface area (Å²) in [5, 5.41) is 3.17. The number of halogens is 1. The number of piperidine rings is 1. The van der Waals surface area contributed by atoms with Gasteiger partial charge in [-0.1, -0.05) is 30.2 Å². The minimum Gasteiger partial charge on any atom is -0.321 e. The van der Waals surface area contributed by atoms with Gasteiger partial charge in [0.15, 0.2) is 0 Å². The number of rotatable bonds is 4. The summed E-state index contributed by atoms with van der Waals surface area (Å²) in [6.07, 6.45) is 2.80. The van der Waals surface area contributed by atoms with Gasteiger partial charge in [-0.2, -0.15) is 4.31 Å². The molecule has 1 fully saturated rings. The highest BCUT2D eigenvalue weighted by atomic mass is 35.5. The average molecular weight is 393 g/mol. The first-order chi connectivity index (χ1) is 12.4. The highest BCUT2D eigenvalue weighted by molar-refractivity contribution is 7.89. The molecule has 1 heterocycles. The lowest BCUT2D eigenvalue weighted by Gasteiger charge is -2.32. The van der Waals surface area contributed by atoms with Crippen LogP contribution in [0.5, 0.6) is 0 Å². The summed E-state index contributed by atoms with van der Waals surface area (Å²) in [5.74, 6) is -0.339. The van der Waals surface area contributed by atoms with Crippen molar-refractivity contribution in [2.24, 2.45) is 0 Å². The number of carbonyl (C=O) groups excluding carboxylic acids is 1. The molecule has 7 heteroatoms. The molecule has 0 aromatic heterocycles. The van der Waals surface area contributed by atoms with Gasteiger partial charge in [-0.05, 0) is 56.2 Å². The third-order valence-electron chi connectivity index (χ3n) is 4.59. The molecule has 0 radical (unpaired) electrons. The molecule has 2 aromatic rings. The zero-order chi connectivity index (χ0) is 18.7. The fourth-order valence-electron chi connectivity index (χ4n) is 3.10. The van der Waals surface area contributed by atoms with Crippen molar-refractivity contribution in [3.8, 4) is 0 Å².